The third kappa shape index (κ3) is 4.12. The van der Waals surface area contributed by atoms with Crippen LogP contribution in [0.4, 0.5) is 0 Å². The van der Waals surface area contributed by atoms with E-state index in [1.807, 2.05) is 49.0 Å². The minimum Gasteiger partial charge on any atom is -0.497 e. The van der Waals surface area contributed by atoms with Crippen LogP contribution in [0.5, 0.6) is 5.75 Å². The van der Waals surface area contributed by atoms with Gasteiger partial charge in [-0.1, -0.05) is 30.3 Å². The predicted molar refractivity (Wildman–Crippen MR) is 98.7 cm³/mol. The molecule has 0 aromatic heterocycles. The zero-order valence-electron chi connectivity index (χ0n) is 14.1. The minimum absolute atomic E-state index is 0.0834. The molecule has 1 saturated carbocycles. The molecule has 0 heterocycles. The maximum atomic E-state index is 12.5. The van der Waals surface area contributed by atoms with E-state index in [1.165, 1.54) is 4.90 Å². The van der Waals surface area contributed by atoms with E-state index in [-0.39, 0.29) is 16.6 Å². The van der Waals surface area contributed by atoms with Crippen molar-refractivity contribution in [2.75, 3.05) is 13.7 Å². The molecule has 3 nitrogen and oxygen atoms in total. The van der Waals surface area contributed by atoms with E-state index in [9.17, 15) is 4.79 Å². The van der Waals surface area contributed by atoms with Crippen molar-refractivity contribution < 1.29 is 9.53 Å². The van der Waals surface area contributed by atoms with Crippen molar-refractivity contribution in [3.8, 4) is 5.75 Å². The lowest BCUT2D eigenvalue weighted by atomic mass is 10.0. The second-order valence-corrected chi connectivity index (χ2v) is 7.85. The van der Waals surface area contributed by atoms with Crippen LogP contribution in [0.1, 0.15) is 31.2 Å². The highest BCUT2D eigenvalue weighted by molar-refractivity contribution is 8.01. The topological polar surface area (TPSA) is 38.3 Å². The number of carbonyl (C=O) groups excluding carboxylic acids is 1. The van der Waals surface area contributed by atoms with Crippen molar-refractivity contribution in [1.29, 1.82) is 0 Å². The van der Waals surface area contributed by atoms with Crippen molar-refractivity contribution in [2.45, 2.75) is 35.3 Å². The van der Waals surface area contributed by atoms with Crippen molar-refractivity contribution >= 4 is 17.7 Å². The minimum atomic E-state index is -0.159. The number of thioether (sulfide) groups is 1. The summed E-state index contributed by atoms with van der Waals surface area (Å²) in [6, 6.07) is 18.1. The van der Waals surface area contributed by atoms with Gasteiger partial charge in [-0.3, -0.25) is 4.79 Å². The fourth-order valence-corrected chi connectivity index (χ4v) is 3.88. The molecule has 3 rings (SSSR count). The number of rotatable bonds is 7. The average molecular weight is 341 g/mol. The van der Waals surface area contributed by atoms with Crippen LogP contribution in [0.3, 0.4) is 0 Å². The standard InChI is InChI=1S/C20H23NO2S/c1-15(16-8-10-17(23-2)11-9-16)19(22)21-14-20(12-13-20)24-18-6-4-3-5-7-18/h3-11,15H,12-14H2,1-2H3,(H,21,22)/t15-/m0/s1. The van der Waals surface area contributed by atoms with Crippen molar-refractivity contribution in [3.05, 3.63) is 60.2 Å². The Labute approximate surface area is 147 Å². The van der Waals surface area contributed by atoms with Crippen LogP contribution in [0.2, 0.25) is 0 Å². The third-order valence-electron chi connectivity index (χ3n) is 4.48. The fraction of sp³-hybridized carbons (Fsp3) is 0.350. The molecular formula is C20H23NO2S. The summed E-state index contributed by atoms with van der Waals surface area (Å²) in [6.07, 6.45) is 2.31. The normalized spacial score (nSPS) is 16.2. The number of benzene rings is 2. The van der Waals surface area contributed by atoms with E-state index in [2.05, 4.69) is 29.6 Å². The summed E-state index contributed by atoms with van der Waals surface area (Å²) in [4.78, 5) is 13.7. The molecule has 2 aromatic rings. The number of ether oxygens (including phenoxy) is 1. The molecule has 0 spiro atoms. The summed E-state index contributed by atoms with van der Waals surface area (Å²) in [7, 11) is 1.64. The van der Waals surface area contributed by atoms with E-state index in [0.717, 1.165) is 30.7 Å². The number of nitrogens with one attached hydrogen (secondary N) is 1. The van der Waals surface area contributed by atoms with E-state index in [4.69, 9.17) is 4.74 Å². The van der Waals surface area contributed by atoms with Crippen molar-refractivity contribution in [2.24, 2.45) is 0 Å². The van der Waals surface area contributed by atoms with Gasteiger partial charge in [-0.15, -0.1) is 11.8 Å². The molecule has 0 aliphatic heterocycles. The largest absolute Gasteiger partial charge is 0.497 e. The van der Waals surface area contributed by atoms with Gasteiger partial charge >= 0.3 is 0 Å². The molecule has 1 N–H and O–H groups in total. The quantitative estimate of drug-likeness (QED) is 0.818. The number of methoxy groups -OCH3 is 1. The highest BCUT2D eigenvalue weighted by atomic mass is 32.2. The molecule has 0 unspecified atom stereocenters. The summed E-state index contributed by atoms with van der Waals surface area (Å²) in [6.45, 7) is 2.67. The molecule has 126 valence electrons. The van der Waals surface area contributed by atoms with E-state index >= 15 is 0 Å². The summed E-state index contributed by atoms with van der Waals surface area (Å²) in [5.74, 6) is 0.732. The Balaban J connectivity index is 1.54. The maximum absolute atomic E-state index is 12.5. The molecule has 0 saturated heterocycles. The van der Waals surface area contributed by atoms with Crippen LogP contribution >= 0.6 is 11.8 Å². The number of amides is 1. The second kappa shape index (κ2) is 7.31. The highest BCUT2D eigenvalue weighted by Crippen LogP contribution is 2.51. The molecule has 1 amide bonds. The van der Waals surface area contributed by atoms with Crippen LogP contribution in [0.25, 0.3) is 0 Å². The van der Waals surface area contributed by atoms with Gasteiger partial charge in [0, 0.05) is 16.2 Å². The molecule has 0 radical (unpaired) electrons. The van der Waals surface area contributed by atoms with Gasteiger partial charge in [0.05, 0.1) is 13.0 Å². The monoisotopic (exact) mass is 341 g/mol. The number of carbonyl (C=O) groups is 1. The molecule has 1 fully saturated rings. The van der Waals surface area contributed by atoms with Gasteiger partial charge in [-0.05, 0) is 49.6 Å². The first kappa shape index (κ1) is 16.9. The molecular weight excluding hydrogens is 318 g/mol. The van der Waals surface area contributed by atoms with Crippen LogP contribution < -0.4 is 10.1 Å². The lowest BCUT2D eigenvalue weighted by molar-refractivity contribution is -0.122. The first-order valence-corrected chi connectivity index (χ1v) is 9.09. The Morgan fingerprint density at radius 1 is 1.17 bits per heavy atom. The van der Waals surface area contributed by atoms with Crippen molar-refractivity contribution in [1.82, 2.24) is 5.32 Å². The molecule has 24 heavy (non-hydrogen) atoms. The Hall–Kier alpha value is -1.94. The smallest absolute Gasteiger partial charge is 0.227 e. The van der Waals surface area contributed by atoms with E-state index in [1.54, 1.807) is 7.11 Å². The van der Waals surface area contributed by atoms with Gasteiger partial charge < -0.3 is 10.1 Å². The Morgan fingerprint density at radius 3 is 2.42 bits per heavy atom. The van der Waals surface area contributed by atoms with Gasteiger partial charge in [0.25, 0.3) is 0 Å². The van der Waals surface area contributed by atoms with Gasteiger partial charge in [0.2, 0.25) is 5.91 Å². The highest BCUT2D eigenvalue weighted by Gasteiger charge is 2.44. The molecule has 1 aliphatic rings. The Morgan fingerprint density at radius 2 is 1.83 bits per heavy atom. The predicted octanol–water partition coefficient (Wildman–Crippen LogP) is 4.24. The molecule has 4 heteroatoms. The van der Waals surface area contributed by atoms with Gasteiger partial charge in [0.1, 0.15) is 5.75 Å². The third-order valence-corrected chi connectivity index (χ3v) is 5.97. The van der Waals surface area contributed by atoms with Gasteiger partial charge in [-0.2, -0.15) is 0 Å². The van der Waals surface area contributed by atoms with Gasteiger partial charge in [-0.25, -0.2) is 0 Å². The molecule has 1 atom stereocenters. The lowest BCUT2D eigenvalue weighted by Crippen LogP contribution is -2.34. The summed E-state index contributed by atoms with van der Waals surface area (Å²) in [5.41, 5.74) is 1.01. The molecule has 2 aromatic carbocycles. The first-order chi connectivity index (χ1) is 11.6. The average Bonchev–Trinajstić information content (AvgIpc) is 3.39. The van der Waals surface area contributed by atoms with Crippen LogP contribution in [0.15, 0.2) is 59.5 Å². The van der Waals surface area contributed by atoms with E-state index < -0.39 is 0 Å². The van der Waals surface area contributed by atoms with Crippen molar-refractivity contribution in [3.63, 3.8) is 0 Å². The second-order valence-electron chi connectivity index (χ2n) is 6.31. The summed E-state index contributed by atoms with van der Waals surface area (Å²) >= 11 is 1.88. The Kier molecular flexibility index (Phi) is 5.14. The number of hydrogen-bond donors (Lipinski definition) is 1. The SMILES string of the molecule is COc1ccc([C@H](C)C(=O)NCC2(Sc3ccccc3)CC2)cc1. The van der Waals surface area contributed by atoms with Gasteiger partial charge in [0.15, 0.2) is 0 Å². The fourth-order valence-electron chi connectivity index (χ4n) is 2.64. The van der Waals surface area contributed by atoms with Crippen LogP contribution in [-0.2, 0) is 4.79 Å². The summed E-state index contributed by atoms with van der Waals surface area (Å²) in [5, 5.41) is 3.14. The molecule has 0 bridgehead atoms. The zero-order chi connectivity index (χ0) is 17.0. The first-order valence-electron chi connectivity index (χ1n) is 8.28. The van der Waals surface area contributed by atoms with Crippen LogP contribution in [-0.4, -0.2) is 24.3 Å². The maximum Gasteiger partial charge on any atom is 0.227 e. The lowest BCUT2D eigenvalue weighted by Gasteiger charge is -2.18. The Bertz CT molecular complexity index is 681. The summed E-state index contributed by atoms with van der Waals surface area (Å²) < 4.78 is 5.34. The molecule has 1 aliphatic carbocycles. The zero-order valence-corrected chi connectivity index (χ0v) is 14.9. The number of hydrogen-bond acceptors (Lipinski definition) is 3. The van der Waals surface area contributed by atoms with E-state index in [0.29, 0.717) is 0 Å². The van der Waals surface area contributed by atoms with Crippen LogP contribution in [0, 0.1) is 0 Å².